The van der Waals surface area contributed by atoms with Gasteiger partial charge in [0, 0.05) is 0 Å². The third kappa shape index (κ3) is 18.3. The molecule has 10 atom stereocenters. The highest BCUT2D eigenvalue weighted by molar-refractivity contribution is 6.72. The zero-order valence-electron chi connectivity index (χ0n) is 36.2. The Balaban J connectivity index is 2.83. The van der Waals surface area contributed by atoms with Crippen molar-refractivity contribution in [2.75, 3.05) is 13.2 Å². The molecule has 2 fully saturated rings. The highest BCUT2D eigenvalue weighted by Gasteiger charge is 2.56. The normalized spacial score (nSPS) is 32.4. The average Bonchev–Trinajstić information content (AvgIpc) is 2.84. The largest absolute Gasteiger partial charge is 0.415 e. The van der Waals surface area contributed by atoms with Crippen molar-refractivity contribution in [1.29, 1.82) is 0 Å². The number of aliphatic hydroxyl groups excluding tert-OH is 1. The van der Waals surface area contributed by atoms with E-state index in [0.29, 0.717) is 6.61 Å². The van der Waals surface area contributed by atoms with E-state index in [9.17, 15) is 5.11 Å². The molecule has 0 amide bonds. The van der Waals surface area contributed by atoms with E-state index in [1.165, 1.54) is 0 Å². The van der Waals surface area contributed by atoms with E-state index in [1.54, 1.807) is 0 Å². The summed E-state index contributed by atoms with van der Waals surface area (Å²) in [5, 5.41) is 11.5. The number of rotatable bonds is 18. The summed E-state index contributed by atoms with van der Waals surface area (Å²) in [5.74, 6) is 0. The molecule has 2 aliphatic rings. The second kappa shape index (κ2) is 17.7. The molecular weight excluding hydrogens is 769 g/mol. The molecule has 2 heterocycles. The molecule has 11 nitrogen and oxygen atoms in total. The van der Waals surface area contributed by atoms with Gasteiger partial charge in [-0.15, -0.1) is 0 Å². The highest BCUT2D eigenvalue weighted by atomic mass is 28.4. The lowest BCUT2D eigenvalue weighted by Crippen LogP contribution is -2.69. The first kappa shape index (κ1) is 48.2. The molecule has 0 aromatic rings. The van der Waals surface area contributed by atoms with Crippen molar-refractivity contribution in [3.8, 4) is 0 Å². The van der Waals surface area contributed by atoms with E-state index in [1.807, 2.05) is 0 Å². The monoisotopic (exact) mass is 846 g/mol. The molecule has 2 saturated heterocycles. The Kier molecular flexibility index (Phi) is 16.7. The van der Waals surface area contributed by atoms with Crippen molar-refractivity contribution in [3.05, 3.63) is 0 Å². The minimum Gasteiger partial charge on any atom is -0.415 e. The van der Waals surface area contributed by atoms with Gasteiger partial charge in [-0.3, -0.25) is 0 Å². The van der Waals surface area contributed by atoms with Gasteiger partial charge in [-0.25, -0.2) is 0 Å². The summed E-state index contributed by atoms with van der Waals surface area (Å²) in [5.41, 5.74) is 0. The van der Waals surface area contributed by atoms with E-state index < -0.39 is 120 Å². The van der Waals surface area contributed by atoms with Gasteiger partial charge in [0.2, 0.25) is 0 Å². The van der Waals surface area contributed by atoms with Crippen LogP contribution in [-0.4, -0.2) is 138 Å². The van der Waals surface area contributed by atoms with Gasteiger partial charge < -0.3 is 50.3 Å². The van der Waals surface area contributed by atoms with Crippen LogP contribution < -0.4 is 0 Å². The zero-order valence-corrected chi connectivity index (χ0v) is 43.2. The van der Waals surface area contributed by atoms with Crippen LogP contribution in [0.5, 0.6) is 0 Å². The van der Waals surface area contributed by atoms with Crippen molar-refractivity contribution >= 4 is 58.2 Å². The fraction of sp³-hybridized carbons (Fsp3) is 1.00. The van der Waals surface area contributed by atoms with Crippen LogP contribution in [0.4, 0.5) is 0 Å². The van der Waals surface area contributed by atoms with Gasteiger partial charge in [-0.05, 0) is 137 Å². The second-order valence-electron chi connectivity index (χ2n) is 21.0. The predicted molar refractivity (Wildman–Crippen MR) is 224 cm³/mol. The fourth-order valence-electron chi connectivity index (χ4n) is 5.84. The van der Waals surface area contributed by atoms with Crippen molar-refractivity contribution in [2.45, 2.75) is 199 Å². The first-order chi connectivity index (χ1) is 22.5. The molecule has 0 aliphatic carbocycles. The van der Waals surface area contributed by atoms with Crippen LogP contribution in [0.25, 0.3) is 0 Å². The Labute approximate surface area is 319 Å². The number of ether oxygens (including phenoxy) is 3. The Hall–Kier alpha value is 1.08. The molecule has 0 saturated carbocycles. The van der Waals surface area contributed by atoms with Crippen molar-refractivity contribution in [3.63, 3.8) is 0 Å². The van der Waals surface area contributed by atoms with Crippen LogP contribution in [0.15, 0.2) is 0 Å². The zero-order chi connectivity index (χ0) is 39.8. The van der Waals surface area contributed by atoms with Gasteiger partial charge in [-0.2, -0.15) is 0 Å². The van der Waals surface area contributed by atoms with Gasteiger partial charge in [0.1, 0.15) is 48.8 Å². The lowest BCUT2D eigenvalue weighted by molar-refractivity contribution is -0.346. The second-order valence-corrected chi connectivity index (χ2v) is 52.4. The molecule has 304 valence electrons. The maximum absolute atomic E-state index is 11.5. The fourth-order valence-corrected chi connectivity index (χ4v) is 12.6. The number of aliphatic hydroxyl groups is 1. The summed E-state index contributed by atoms with van der Waals surface area (Å²) >= 11 is 0. The molecule has 0 aromatic carbocycles. The van der Waals surface area contributed by atoms with Gasteiger partial charge in [-0.1, -0.05) is 0 Å². The molecule has 2 rings (SSSR count). The first-order valence-electron chi connectivity index (χ1n) is 18.8. The van der Waals surface area contributed by atoms with Gasteiger partial charge in [0.25, 0.3) is 0 Å². The molecular formula is C33H78O11Si7. The highest BCUT2D eigenvalue weighted by Crippen LogP contribution is 2.38. The molecule has 18 heteroatoms. The summed E-state index contributed by atoms with van der Waals surface area (Å²) in [7, 11) is -14.9. The van der Waals surface area contributed by atoms with Crippen molar-refractivity contribution in [1.82, 2.24) is 0 Å². The average molecular weight is 848 g/mol. The Bertz CT molecular complexity index is 1070. The molecule has 0 bridgehead atoms. The molecule has 51 heavy (non-hydrogen) atoms. The van der Waals surface area contributed by atoms with Crippen LogP contribution in [0, 0.1) is 0 Å². The van der Waals surface area contributed by atoms with Gasteiger partial charge >= 0.3 is 0 Å². The van der Waals surface area contributed by atoms with Crippen LogP contribution in [0.1, 0.15) is 0 Å². The Morgan fingerprint density at radius 1 is 0.373 bits per heavy atom. The van der Waals surface area contributed by atoms with E-state index >= 15 is 0 Å². The summed E-state index contributed by atoms with van der Waals surface area (Å²) in [4.78, 5) is 0. The summed E-state index contributed by atoms with van der Waals surface area (Å²) in [6.45, 7) is 45.9. The van der Waals surface area contributed by atoms with Crippen molar-refractivity contribution < 1.29 is 50.3 Å². The molecule has 0 radical (unpaired) electrons. The smallest absolute Gasteiger partial charge is 0.186 e. The van der Waals surface area contributed by atoms with Crippen LogP contribution in [0.3, 0.4) is 0 Å². The summed E-state index contributed by atoms with van der Waals surface area (Å²) < 4.78 is 68.5. The van der Waals surface area contributed by atoms with Crippen LogP contribution in [-0.2, 0) is 45.2 Å². The lowest BCUT2D eigenvalue weighted by atomic mass is 9.97. The van der Waals surface area contributed by atoms with Crippen LogP contribution in [0.2, 0.25) is 137 Å². The first-order valence-corrected chi connectivity index (χ1v) is 42.7. The molecule has 0 spiro atoms. The van der Waals surface area contributed by atoms with E-state index in [4.69, 9.17) is 45.2 Å². The maximum Gasteiger partial charge on any atom is 0.186 e. The minimum absolute atomic E-state index is 0.229. The lowest BCUT2D eigenvalue weighted by Gasteiger charge is -2.53. The molecule has 1 N–H and O–H groups in total. The Morgan fingerprint density at radius 3 is 1.06 bits per heavy atom. The number of hydrogen-bond donors (Lipinski definition) is 1. The molecule has 0 aromatic heterocycles. The molecule has 2 aliphatic heterocycles. The Morgan fingerprint density at radius 2 is 0.686 bits per heavy atom. The van der Waals surface area contributed by atoms with Gasteiger partial charge in [0.05, 0.1) is 13.2 Å². The predicted octanol–water partition coefficient (Wildman–Crippen LogP) is 7.62. The molecule has 1 unspecified atom stereocenters. The van der Waals surface area contributed by atoms with Crippen molar-refractivity contribution in [2.24, 2.45) is 0 Å². The van der Waals surface area contributed by atoms with Crippen LogP contribution >= 0.6 is 0 Å². The third-order valence-electron chi connectivity index (χ3n) is 7.30. The number of hydrogen-bond acceptors (Lipinski definition) is 11. The topological polar surface area (TPSA) is 113 Å². The summed E-state index contributed by atoms with van der Waals surface area (Å²) in [6.07, 6.45) is -6.86. The third-order valence-corrected chi connectivity index (χ3v) is 14.3. The quantitative estimate of drug-likeness (QED) is 0.138. The van der Waals surface area contributed by atoms with E-state index in [-0.39, 0.29) is 6.61 Å². The van der Waals surface area contributed by atoms with E-state index in [0.717, 1.165) is 0 Å². The minimum atomic E-state index is -2.23. The van der Waals surface area contributed by atoms with Gasteiger partial charge in [0.15, 0.2) is 70.8 Å². The van der Waals surface area contributed by atoms with E-state index in [2.05, 4.69) is 137 Å². The summed E-state index contributed by atoms with van der Waals surface area (Å²) in [6, 6.07) is 0. The maximum atomic E-state index is 11.5. The standard InChI is InChI=1S/C33H78O11Si7/c1-45(2,3)35-22-24-26(28(41-48(10,11)12)30(32(34)37-24)43-50(16,17)18)39-33-31(44-51(19,20)21)29(42-49(13,14)15)27(40-47(7,8)9)25(38-33)23-36-46(4,5)6/h24-34H,22-23H2,1-21H3/t24-,25-,26-,27-,28+,29+,30?,31-,32+,33+/m0/s1. The SMILES string of the molecule is C[Si](C)(C)OC[C@@H]1O[C@H](O[C@H]2[C@H](CO[Si](C)(C)C)O[C@@H](O)C(O[Si](C)(C)C)[C@@H]2O[Si](C)(C)C)[C@@H](O[Si](C)(C)C)[C@H](O[Si](C)(C)C)[C@H]1O[Si](C)(C)C.